The number of carbonyl (C=O) groups excluding carboxylic acids is 1. The molecule has 0 spiro atoms. The van der Waals surface area contributed by atoms with E-state index >= 15 is 0 Å². The summed E-state index contributed by atoms with van der Waals surface area (Å²) in [6, 6.07) is 12.1. The van der Waals surface area contributed by atoms with Gasteiger partial charge in [0.25, 0.3) is 5.56 Å². The van der Waals surface area contributed by atoms with Crippen LogP contribution in [0, 0.1) is 5.92 Å². The number of hydrogen-bond acceptors (Lipinski definition) is 5. The fourth-order valence-electron chi connectivity index (χ4n) is 3.93. The molecule has 0 fully saturated rings. The van der Waals surface area contributed by atoms with Gasteiger partial charge in [0.05, 0.1) is 5.52 Å². The molecule has 1 amide bonds. The molecular formula is C24H29N5O2S. The Kier molecular flexibility index (Phi) is 6.69. The van der Waals surface area contributed by atoms with Crippen LogP contribution in [-0.4, -0.2) is 31.6 Å². The van der Waals surface area contributed by atoms with Crippen molar-refractivity contribution in [1.29, 1.82) is 0 Å². The second-order valence-corrected chi connectivity index (χ2v) is 9.58. The number of benzene rings is 1. The maximum absolute atomic E-state index is 12.9. The highest BCUT2D eigenvalue weighted by molar-refractivity contribution is 7.17. The molecule has 0 aliphatic heterocycles. The molecule has 0 radical (unpaired) electrons. The molecule has 4 aromatic rings. The number of amides is 1. The van der Waals surface area contributed by atoms with Gasteiger partial charge in [0, 0.05) is 25.9 Å². The minimum atomic E-state index is -0.0120. The van der Waals surface area contributed by atoms with Crippen molar-refractivity contribution in [2.24, 2.45) is 5.92 Å². The molecule has 1 N–H and O–H groups in total. The van der Waals surface area contributed by atoms with Crippen molar-refractivity contribution >= 4 is 33.2 Å². The van der Waals surface area contributed by atoms with E-state index in [9.17, 15) is 9.59 Å². The molecule has 8 heteroatoms. The minimum Gasteiger partial charge on any atom is -0.356 e. The zero-order valence-electron chi connectivity index (χ0n) is 18.7. The summed E-state index contributed by atoms with van der Waals surface area (Å²) in [7, 11) is 0. The lowest BCUT2D eigenvalue weighted by Crippen LogP contribution is -2.27. The maximum atomic E-state index is 12.9. The number of rotatable bonds is 9. The van der Waals surface area contributed by atoms with Gasteiger partial charge < -0.3 is 5.32 Å². The van der Waals surface area contributed by atoms with Crippen LogP contribution >= 0.6 is 11.3 Å². The molecular weight excluding hydrogens is 422 g/mol. The summed E-state index contributed by atoms with van der Waals surface area (Å²) in [6.45, 7) is 7.48. The highest BCUT2D eigenvalue weighted by Gasteiger charge is 2.18. The monoisotopic (exact) mass is 451 g/mol. The fraction of sp³-hybridized carbons (Fsp3) is 0.417. The molecule has 1 aromatic carbocycles. The smallest absolute Gasteiger partial charge is 0.272 e. The Labute approximate surface area is 191 Å². The molecule has 168 valence electrons. The Hall–Kier alpha value is -3.00. The van der Waals surface area contributed by atoms with Crippen LogP contribution < -0.4 is 10.9 Å². The Balaban J connectivity index is 1.43. The van der Waals surface area contributed by atoms with Crippen LogP contribution in [0.2, 0.25) is 0 Å². The van der Waals surface area contributed by atoms with Crippen LogP contribution in [0.1, 0.15) is 50.9 Å². The highest BCUT2D eigenvalue weighted by Crippen LogP contribution is 2.21. The summed E-state index contributed by atoms with van der Waals surface area (Å²) in [5.41, 5.74) is 2.05. The van der Waals surface area contributed by atoms with Gasteiger partial charge in [0.2, 0.25) is 11.7 Å². The molecule has 32 heavy (non-hydrogen) atoms. The van der Waals surface area contributed by atoms with E-state index in [1.807, 2.05) is 34.0 Å². The third-order valence-electron chi connectivity index (χ3n) is 5.61. The SMILES string of the molecule is CC(C)Cn1c(=O)c2sccc2n2c(CCCC(=O)NC[C@@H](C)c3ccccc3)nnc12. The van der Waals surface area contributed by atoms with Crippen LogP contribution in [0.5, 0.6) is 0 Å². The van der Waals surface area contributed by atoms with E-state index in [4.69, 9.17) is 0 Å². The molecule has 4 rings (SSSR count). The number of nitrogens with zero attached hydrogens (tertiary/aromatic N) is 4. The summed E-state index contributed by atoms with van der Waals surface area (Å²) in [5.74, 6) is 1.98. The van der Waals surface area contributed by atoms with Gasteiger partial charge in [-0.1, -0.05) is 51.1 Å². The first-order chi connectivity index (χ1) is 15.5. The quantitative estimate of drug-likeness (QED) is 0.417. The molecule has 3 heterocycles. The first-order valence-electron chi connectivity index (χ1n) is 11.1. The standard InChI is InChI=1S/C24H29N5O2S/c1-16(2)15-28-23(31)22-19(12-13-32-22)29-20(26-27-24(28)29)10-7-11-21(30)25-14-17(3)18-8-5-4-6-9-18/h4-6,8-9,12-13,16-17H,7,10-11,14-15H2,1-3H3,(H,25,30)/t17-/m1/s1. The third-order valence-corrected chi connectivity index (χ3v) is 6.50. The van der Waals surface area contributed by atoms with Gasteiger partial charge in [0.1, 0.15) is 10.5 Å². The number of thiophene rings is 1. The number of aromatic nitrogens is 4. The van der Waals surface area contributed by atoms with Gasteiger partial charge in [0.15, 0.2) is 0 Å². The maximum Gasteiger partial charge on any atom is 0.272 e. The van der Waals surface area contributed by atoms with E-state index in [2.05, 4.69) is 48.4 Å². The summed E-state index contributed by atoms with van der Waals surface area (Å²) in [4.78, 5) is 25.3. The number of nitrogens with one attached hydrogen (secondary N) is 1. The van der Waals surface area contributed by atoms with Gasteiger partial charge in [-0.2, -0.15) is 0 Å². The third kappa shape index (κ3) is 4.60. The van der Waals surface area contributed by atoms with Gasteiger partial charge >= 0.3 is 0 Å². The zero-order valence-corrected chi connectivity index (χ0v) is 19.6. The van der Waals surface area contributed by atoms with E-state index in [1.165, 1.54) is 16.9 Å². The van der Waals surface area contributed by atoms with Gasteiger partial charge in [-0.05, 0) is 35.3 Å². The molecule has 3 aromatic heterocycles. The van der Waals surface area contributed by atoms with Crippen molar-refractivity contribution in [2.45, 2.75) is 52.5 Å². The predicted octanol–water partition coefficient (Wildman–Crippen LogP) is 4.00. The van der Waals surface area contributed by atoms with Crippen molar-refractivity contribution in [1.82, 2.24) is 24.5 Å². The lowest BCUT2D eigenvalue weighted by Gasteiger charge is -2.13. The predicted molar refractivity (Wildman–Crippen MR) is 128 cm³/mol. The second kappa shape index (κ2) is 9.65. The number of carbonyl (C=O) groups is 1. The lowest BCUT2D eigenvalue weighted by atomic mass is 10.0. The number of fused-ring (bicyclic) bond motifs is 3. The summed E-state index contributed by atoms with van der Waals surface area (Å²) in [6.07, 6.45) is 1.71. The topological polar surface area (TPSA) is 81.3 Å². The van der Waals surface area contributed by atoms with Gasteiger partial charge in [-0.3, -0.25) is 18.6 Å². The van der Waals surface area contributed by atoms with E-state index in [0.717, 1.165) is 11.3 Å². The van der Waals surface area contributed by atoms with Crippen molar-refractivity contribution in [3.63, 3.8) is 0 Å². The van der Waals surface area contributed by atoms with E-state index < -0.39 is 0 Å². The van der Waals surface area contributed by atoms with Crippen LogP contribution in [0.15, 0.2) is 46.6 Å². The number of aryl methyl sites for hydroxylation is 1. The summed E-state index contributed by atoms with van der Waals surface area (Å²) >= 11 is 1.44. The van der Waals surface area contributed by atoms with Crippen LogP contribution in [0.4, 0.5) is 0 Å². The van der Waals surface area contributed by atoms with Gasteiger partial charge in [-0.15, -0.1) is 21.5 Å². The summed E-state index contributed by atoms with van der Waals surface area (Å²) in [5, 5.41) is 13.7. The zero-order chi connectivity index (χ0) is 22.7. The Morgan fingerprint density at radius 3 is 2.66 bits per heavy atom. The van der Waals surface area contributed by atoms with E-state index in [-0.39, 0.29) is 17.4 Å². The summed E-state index contributed by atoms with van der Waals surface area (Å²) < 4.78 is 4.41. The molecule has 1 atom stereocenters. The molecule has 0 unspecified atom stereocenters. The molecule has 0 saturated carbocycles. The molecule has 0 bridgehead atoms. The Bertz CT molecular complexity index is 1270. The Morgan fingerprint density at radius 1 is 1.12 bits per heavy atom. The van der Waals surface area contributed by atoms with Crippen molar-refractivity contribution in [2.75, 3.05) is 6.54 Å². The van der Waals surface area contributed by atoms with Crippen LogP contribution in [0.25, 0.3) is 16.0 Å². The van der Waals surface area contributed by atoms with Gasteiger partial charge in [-0.25, -0.2) is 0 Å². The highest BCUT2D eigenvalue weighted by atomic mass is 32.1. The minimum absolute atomic E-state index is 0.0120. The number of hydrogen-bond donors (Lipinski definition) is 1. The van der Waals surface area contributed by atoms with Crippen molar-refractivity contribution in [3.8, 4) is 0 Å². The molecule has 7 nitrogen and oxygen atoms in total. The molecule has 0 aliphatic rings. The first-order valence-corrected chi connectivity index (χ1v) is 12.0. The Morgan fingerprint density at radius 2 is 1.91 bits per heavy atom. The molecule has 0 aliphatic carbocycles. The normalized spacial score (nSPS) is 12.6. The van der Waals surface area contributed by atoms with Crippen LogP contribution in [0.3, 0.4) is 0 Å². The second-order valence-electron chi connectivity index (χ2n) is 8.67. The van der Waals surface area contributed by atoms with Crippen molar-refractivity contribution in [3.05, 3.63) is 63.5 Å². The fourth-order valence-corrected chi connectivity index (χ4v) is 4.76. The largest absolute Gasteiger partial charge is 0.356 e. The lowest BCUT2D eigenvalue weighted by molar-refractivity contribution is -0.121. The first kappa shape index (κ1) is 22.2. The average molecular weight is 452 g/mol. The van der Waals surface area contributed by atoms with E-state index in [0.29, 0.717) is 48.7 Å². The van der Waals surface area contributed by atoms with Crippen molar-refractivity contribution < 1.29 is 4.79 Å². The van der Waals surface area contributed by atoms with Crippen LogP contribution in [-0.2, 0) is 17.8 Å². The average Bonchev–Trinajstić information content (AvgIpc) is 3.42. The molecule has 0 saturated heterocycles. The van der Waals surface area contributed by atoms with E-state index in [1.54, 1.807) is 4.57 Å².